The van der Waals surface area contributed by atoms with Gasteiger partial charge in [-0.05, 0) is 64.2 Å². The summed E-state index contributed by atoms with van der Waals surface area (Å²) in [4.78, 5) is 38.1. The van der Waals surface area contributed by atoms with Crippen LogP contribution in [-0.4, -0.2) is 37.2 Å². The molecule has 0 aliphatic rings. The monoisotopic (exact) mass is 1040 g/mol. The molecule has 0 aromatic rings. The molecule has 0 aromatic heterocycles. The van der Waals surface area contributed by atoms with E-state index in [9.17, 15) is 14.4 Å². The molecule has 0 saturated carbocycles. The molecule has 74 heavy (non-hydrogen) atoms. The Morgan fingerprint density at radius 3 is 0.743 bits per heavy atom. The van der Waals surface area contributed by atoms with Gasteiger partial charge in [0, 0.05) is 19.3 Å². The molecule has 0 saturated heterocycles. The Balaban J connectivity index is 3.97. The highest BCUT2D eigenvalue weighted by Gasteiger charge is 2.19. The third-order valence-electron chi connectivity index (χ3n) is 15.2. The Hall–Kier alpha value is -2.11. The van der Waals surface area contributed by atoms with Crippen molar-refractivity contribution in [1.29, 1.82) is 0 Å². The van der Waals surface area contributed by atoms with Gasteiger partial charge in [0.15, 0.2) is 6.10 Å². The van der Waals surface area contributed by atoms with Crippen LogP contribution in [0.25, 0.3) is 0 Å². The number of unbranched alkanes of at least 4 members (excludes halogenated alkanes) is 47. The first-order valence-electron chi connectivity index (χ1n) is 33.3. The second-order valence-corrected chi connectivity index (χ2v) is 22.7. The summed E-state index contributed by atoms with van der Waals surface area (Å²) in [6.45, 7) is 6.60. The summed E-state index contributed by atoms with van der Waals surface area (Å²) in [5.41, 5.74) is 0. The number of esters is 3. The lowest BCUT2D eigenvalue weighted by Crippen LogP contribution is -2.30. The van der Waals surface area contributed by atoms with Crippen molar-refractivity contribution in [2.45, 2.75) is 380 Å². The number of rotatable bonds is 62. The molecule has 1 unspecified atom stereocenters. The maximum Gasteiger partial charge on any atom is 0.306 e. The second kappa shape index (κ2) is 63.4. The van der Waals surface area contributed by atoms with E-state index in [1.807, 2.05) is 0 Å². The zero-order valence-electron chi connectivity index (χ0n) is 50.1. The normalized spacial score (nSPS) is 12.1. The van der Waals surface area contributed by atoms with Gasteiger partial charge in [0.2, 0.25) is 0 Å². The molecule has 0 bridgehead atoms. The van der Waals surface area contributed by atoms with Gasteiger partial charge in [0.1, 0.15) is 13.2 Å². The molecule has 0 heterocycles. The van der Waals surface area contributed by atoms with E-state index in [2.05, 4.69) is 45.1 Å². The molecule has 0 aliphatic carbocycles. The Morgan fingerprint density at radius 1 is 0.257 bits per heavy atom. The SMILES string of the molecule is CCC/C=C\CCCCCCCC(=O)OCC(COC(=O)CCCCCCCCCCCCCCCCCCCCCCCCCCCCCCCCCCC)OC(=O)CCCCCCC/C=C\CCCCCC. The van der Waals surface area contributed by atoms with Crippen molar-refractivity contribution in [3.63, 3.8) is 0 Å². The van der Waals surface area contributed by atoms with Gasteiger partial charge >= 0.3 is 17.9 Å². The largest absolute Gasteiger partial charge is 0.462 e. The molecule has 0 N–H and O–H groups in total. The Morgan fingerprint density at radius 2 is 0.473 bits per heavy atom. The van der Waals surface area contributed by atoms with E-state index in [0.29, 0.717) is 19.3 Å². The summed E-state index contributed by atoms with van der Waals surface area (Å²) < 4.78 is 16.9. The van der Waals surface area contributed by atoms with Crippen LogP contribution in [-0.2, 0) is 28.6 Å². The minimum absolute atomic E-state index is 0.0731. The lowest BCUT2D eigenvalue weighted by atomic mass is 10.0. The van der Waals surface area contributed by atoms with Crippen LogP contribution < -0.4 is 0 Å². The standard InChI is InChI=1S/C68H128O6/c1-4-7-10-13-16-19-22-24-25-26-27-28-29-30-31-32-33-34-35-36-37-38-39-40-41-42-43-45-46-49-52-55-58-61-67(70)73-64-65(63-72-66(69)60-57-54-51-48-21-18-15-12-9-6-3)74-68(71)62-59-56-53-50-47-44-23-20-17-14-11-8-5-2/h12,15,20,23,65H,4-11,13-14,16-19,21-22,24-64H2,1-3H3/b15-12-,23-20-. The van der Waals surface area contributed by atoms with Crippen LogP contribution in [0.4, 0.5) is 0 Å². The van der Waals surface area contributed by atoms with Crippen molar-refractivity contribution in [1.82, 2.24) is 0 Å². The quantitative estimate of drug-likeness (QED) is 0.0261. The average molecular weight is 1040 g/mol. The number of carbonyl (C=O) groups is 3. The highest BCUT2D eigenvalue weighted by molar-refractivity contribution is 5.71. The number of carbonyl (C=O) groups excluding carboxylic acids is 3. The van der Waals surface area contributed by atoms with Crippen molar-refractivity contribution in [3.8, 4) is 0 Å². The Labute approximate surface area is 462 Å². The van der Waals surface area contributed by atoms with Crippen LogP contribution in [0.2, 0.25) is 0 Å². The van der Waals surface area contributed by atoms with E-state index in [0.717, 1.165) is 77.0 Å². The van der Waals surface area contributed by atoms with E-state index in [4.69, 9.17) is 14.2 Å². The molecular formula is C68H128O6. The van der Waals surface area contributed by atoms with Gasteiger partial charge in [-0.3, -0.25) is 14.4 Å². The minimum Gasteiger partial charge on any atom is -0.462 e. The van der Waals surface area contributed by atoms with Crippen molar-refractivity contribution in [2.75, 3.05) is 13.2 Å². The van der Waals surface area contributed by atoms with Gasteiger partial charge in [0.05, 0.1) is 0 Å². The second-order valence-electron chi connectivity index (χ2n) is 22.7. The van der Waals surface area contributed by atoms with Gasteiger partial charge in [-0.25, -0.2) is 0 Å². The highest BCUT2D eigenvalue weighted by atomic mass is 16.6. The van der Waals surface area contributed by atoms with Crippen molar-refractivity contribution in [3.05, 3.63) is 24.3 Å². The fourth-order valence-electron chi connectivity index (χ4n) is 10.2. The molecule has 436 valence electrons. The molecular weight excluding hydrogens is 913 g/mol. The zero-order chi connectivity index (χ0) is 53.6. The molecule has 0 amide bonds. The number of ether oxygens (including phenoxy) is 3. The topological polar surface area (TPSA) is 78.9 Å². The van der Waals surface area contributed by atoms with Crippen LogP contribution in [0.3, 0.4) is 0 Å². The maximum atomic E-state index is 12.8. The lowest BCUT2D eigenvalue weighted by molar-refractivity contribution is -0.167. The molecule has 0 aliphatic heterocycles. The van der Waals surface area contributed by atoms with Crippen molar-refractivity contribution < 1.29 is 28.6 Å². The summed E-state index contributed by atoms with van der Waals surface area (Å²) in [5.74, 6) is -0.873. The number of hydrogen-bond acceptors (Lipinski definition) is 6. The average Bonchev–Trinajstić information content (AvgIpc) is 3.40. The van der Waals surface area contributed by atoms with E-state index in [1.54, 1.807) is 0 Å². The highest BCUT2D eigenvalue weighted by Crippen LogP contribution is 2.18. The smallest absolute Gasteiger partial charge is 0.306 e. The predicted octanol–water partition coefficient (Wildman–Crippen LogP) is 22.6. The molecule has 0 fully saturated rings. The number of hydrogen-bond donors (Lipinski definition) is 0. The first-order chi connectivity index (χ1) is 36.5. The molecule has 6 nitrogen and oxygen atoms in total. The first kappa shape index (κ1) is 71.9. The molecule has 0 spiro atoms. The van der Waals surface area contributed by atoms with Crippen LogP contribution in [0.5, 0.6) is 0 Å². The third-order valence-corrected chi connectivity index (χ3v) is 15.2. The first-order valence-corrected chi connectivity index (χ1v) is 33.3. The van der Waals surface area contributed by atoms with Gasteiger partial charge in [0.25, 0.3) is 0 Å². The fraction of sp³-hybridized carbons (Fsp3) is 0.897. The van der Waals surface area contributed by atoms with E-state index in [-0.39, 0.29) is 31.1 Å². The summed E-state index contributed by atoms with van der Waals surface area (Å²) >= 11 is 0. The Kier molecular flexibility index (Phi) is 61.6. The van der Waals surface area contributed by atoms with Crippen molar-refractivity contribution in [2.24, 2.45) is 0 Å². The summed E-state index contributed by atoms with van der Waals surface area (Å²) in [6, 6.07) is 0. The van der Waals surface area contributed by atoms with Gasteiger partial charge < -0.3 is 14.2 Å². The van der Waals surface area contributed by atoms with Gasteiger partial charge in [-0.2, -0.15) is 0 Å². The molecule has 0 radical (unpaired) electrons. The maximum absolute atomic E-state index is 12.8. The lowest BCUT2D eigenvalue weighted by Gasteiger charge is -2.18. The predicted molar refractivity (Wildman–Crippen MR) is 321 cm³/mol. The van der Waals surface area contributed by atoms with E-state index in [1.165, 1.54) is 257 Å². The summed E-state index contributed by atoms with van der Waals surface area (Å²) in [5, 5.41) is 0. The van der Waals surface area contributed by atoms with Crippen LogP contribution >= 0.6 is 0 Å². The Bertz CT molecular complexity index is 1190. The molecule has 0 aromatic carbocycles. The third kappa shape index (κ3) is 60.8. The molecule has 1 atom stereocenters. The summed E-state index contributed by atoms with van der Waals surface area (Å²) in [7, 11) is 0. The van der Waals surface area contributed by atoms with Crippen LogP contribution in [0.1, 0.15) is 374 Å². The minimum atomic E-state index is -0.775. The number of allylic oxidation sites excluding steroid dienone is 4. The molecule has 0 rings (SSSR count). The fourth-order valence-corrected chi connectivity index (χ4v) is 10.2. The van der Waals surface area contributed by atoms with E-state index >= 15 is 0 Å². The van der Waals surface area contributed by atoms with Crippen molar-refractivity contribution >= 4 is 17.9 Å². The summed E-state index contributed by atoms with van der Waals surface area (Å²) in [6.07, 6.45) is 76.7. The van der Waals surface area contributed by atoms with Gasteiger partial charge in [-0.15, -0.1) is 0 Å². The zero-order valence-corrected chi connectivity index (χ0v) is 50.1. The molecule has 6 heteroatoms. The van der Waals surface area contributed by atoms with Gasteiger partial charge in [-0.1, -0.05) is 315 Å². The van der Waals surface area contributed by atoms with Crippen LogP contribution in [0, 0.1) is 0 Å². The van der Waals surface area contributed by atoms with E-state index < -0.39 is 6.10 Å². The van der Waals surface area contributed by atoms with Crippen LogP contribution in [0.15, 0.2) is 24.3 Å².